The molecule has 0 radical (unpaired) electrons. The highest BCUT2D eigenvalue weighted by Gasteiger charge is 2.12. The number of aliphatic hydroxyl groups is 1. The molecule has 0 saturated carbocycles. The second-order valence-electron chi connectivity index (χ2n) is 2.38. The Balaban J connectivity index is 3.45. The number of ether oxygens (including phenoxy) is 1. The minimum Gasteiger partial charge on any atom is -0.479 e. The van der Waals surface area contributed by atoms with E-state index in [0.29, 0.717) is 6.42 Å². The molecule has 0 aromatic heterocycles. The van der Waals surface area contributed by atoms with Crippen molar-refractivity contribution in [2.24, 2.45) is 0 Å². The van der Waals surface area contributed by atoms with E-state index < -0.39 is 18.2 Å². The summed E-state index contributed by atoms with van der Waals surface area (Å²) < 4.78 is 4.81. The zero-order valence-corrected chi connectivity index (χ0v) is 6.78. The Hall–Kier alpha value is -0.610. The van der Waals surface area contributed by atoms with Crippen molar-refractivity contribution in [3.63, 3.8) is 0 Å². The lowest BCUT2D eigenvalue weighted by atomic mass is 10.3. The Bertz CT molecular complexity index is 124. The molecule has 66 valence electrons. The number of carboxylic acid groups (broad SMARTS) is 1. The van der Waals surface area contributed by atoms with E-state index in [1.165, 1.54) is 6.92 Å². The van der Waals surface area contributed by atoms with E-state index in [-0.39, 0.29) is 6.61 Å². The number of carboxylic acids is 1. The van der Waals surface area contributed by atoms with Gasteiger partial charge in [0.15, 0.2) is 6.10 Å². The lowest BCUT2D eigenvalue weighted by molar-refractivity contribution is -0.150. The zero-order valence-electron chi connectivity index (χ0n) is 6.78. The standard InChI is InChI=1S/C7H14O4/c1-3-6(8)4-11-5(2)7(9)10/h5-6,8H,3-4H2,1-2H3,(H,9,10). The number of rotatable bonds is 5. The molecular formula is C7H14O4. The molecule has 0 aliphatic heterocycles. The fourth-order valence-electron chi connectivity index (χ4n) is 0.445. The number of carbonyl (C=O) groups is 1. The van der Waals surface area contributed by atoms with Crippen molar-refractivity contribution in [3.8, 4) is 0 Å². The molecule has 0 rings (SSSR count). The SMILES string of the molecule is CCC(O)COC(C)C(=O)O. The van der Waals surface area contributed by atoms with Gasteiger partial charge in [0.2, 0.25) is 0 Å². The average molecular weight is 162 g/mol. The molecule has 0 aliphatic rings. The van der Waals surface area contributed by atoms with Gasteiger partial charge in [-0.05, 0) is 13.3 Å². The van der Waals surface area contributed by atoms with E-state index in [9.17, 15) is 4.79 Å². The van der Waals surface area contributed by atoms with Crippen LogP contribution in [0.4, 0.5) is 0 Å². The Morgan fingerprint density at radius 3 is 2.55 bits per heavy atom. The fraction of sp³-hybridized carbons (Fsp3) is 0.857. The van der Waals surface area contributed by atoms with Gasteiger partial charge in [0, 0.05) is 0 Å². The van der Waals surface area contributed by atoms with E-state index in [1.807, 2.05) is 0 Å². The van der Waals surface area contributed by atoms with Crippen molar-refractivity contribution in [1.29, 1.82) is 0 Å². The van der Waals surface area contributed by atoms with Gasteiger partial charge in [0.1, 0.15) is 0 Å². The van der Waals surface area contributed by atoms with Crippen LogP contribution in [0, 0.1) is 0 Å². The van der Waals surface area contributed by atoms with Crippen LogP contribution < -0.4 is 0 Å². The fourth-order valence-corrected chi connectivity index (χ4v) is 0.445. The molecule has 2 unspecified atom stereocenters. The molecule has 0 amide bonds. The van der Waals surface area contributed by atoms with Crippen molar-refractivity contribution in [2.45, 2.75) is 32.5 Å². The maximum atomic E-state index is 10.2. The largest absolute Gasteiger partial charge is 0.479 e. The first-order chi connectivity index (χ1) is 5.07. The van der Waals surface area contributed by atoms with Gasteiger partial charge in [-0.1, -0.05) is 6.92 Å². The summed E-state index contributed by atoms with van der Waals surface area (Å²) in [5, 5.41) is 17.3. The molecule has 11 heavy (non-hydrogen) atoms. The van der Waals surface area contributed by atoms with Crippen LogP contribution in [0.2, 0.25) is 0 Å². The molecular weight excluding hydrogens is 148 g/mol. The van der Waals surface area contributed by atoms with Crippen molar-refractivity contribution < 1.29 is 19.7 Å². The average Bonchev–Trinajstić information content (AvgIpc) is 1.99. The molecule has 2 atom stereocenters. The topological polar surface area (TPSA) is 66.8 Å². The molecule has 0 spiro atoms. The van der Waals surface area contributed by atoms with E-state index >= 15 is 0 Å². The monoisotopic (exact) mass is 162 g/mol. The van der Waals surface area contributed by atoms with Gasteiger partial charge in [0.25, 0.3) is 0 Å². The zero-order chi connectivity index (χ0) is 8.85. The van der Waals surface area contributed by atoms with E-state index in [1.54, 1.807) is 6.92 Å². The van der Waals surface area contributed by atoms with Crippen molar-refractivity contribution in [3.05, 3.63) is 0 Å². The minimum atomic E-state index is -1.01. The summed E-state index contributed by atoms with van der Waals surface area (Å²) in [4.78, 5) is 10.2. The Kier molecular flexibility index (Phi) is 4.81. The van der Waals surface area contributed by atoms with Crippen LogP contribution in [0.1, 0.15) is 20.3 Å². The molecule has 4 heteroatoms. The molecule has 2 N–H and O–H groups in total. The van der Waals surface area contributed by atoms with Gasteiger partial charge in [-0.25, -0.2) is 4.79 Å². The number of hydrogen-bond donors (Lipinski definition) is 2. The summed E-state index contributed by atoms with van der Waals surface area (Å²) >= 11 is 0. The first-order valence-electron chi connectivity index (χ1n) is 3.60. The molecule has 0 saturated heterocycles. The summed E-state index contributed by atoms with van der Waals surface area (Å²) in [5.74, 6) is -1.01. The van der Waals surface area contributed by atoms with E-state index in [4.69, 9.17) is 14.9 Å². The number of aliphatic carboxylic acids is 1. The third-order valence-corrected chi connectivity index (χ3v) is 1.36. The van der Waals surface area contributed by atoms with Gasteiger partial charge in [-0.2, -0.15) is 0 Å². The normalized spacial score (nSPS) is 15.9. The van der Waals surface area contributed by atoms with Crippen LogP contribution in [0.15, 0.2) is 0 Å². The van der Waals surface area contributed by atoms with Gasteiger partial charge >= 0.3 is 5.97 Å². The Labute approximate surface area is 65.8 Å². The second kappa shape index (κ2) is 5.09. The van der Waals surface area contributed by atoms with Crippen LogP contribution in [0.3, 0.4) is 0 Å². The summed E-state index contributed by atoms with van der Waals surface area (Å²) in [6.45, 7) is 3.33. The van der Waals surface area contributed by atoms with Crippen LogP contribution in [-0.2, 0) is 9.53 Å². The van der Waals surface area contributed by atoms with Crippen molar-refractivity contribution >= 4 is 5.97 Å². The lowest BCUT2D eigenvalue weighted by Crippen LogP contribution is -2.25. The maximum Gasteiger partial charge on any atom is 0.332 e. The first kappa shape index (κ1) is 10.4. The summed E-state index contributed by atoms with van der Waals surface area (Å²) in [5.41, 5.74) is 0. The first-order valence-corrected chi connectivity index (χ1v) is 3.60. The highest BCUT2D eigenvalue weighted by atomic mass is 16.5. The quantitative estimate of drug-likeness (QED) is 0.608. The van der Waals surface area contributed by atoms with Gasteiger partial charge in [-0.3, -0.25) is 0 Å². The maximum absolute atomic E-state index is 10.2. The third-order valence-electron chi connectivity index (χ3n) is 1.36. The second-order valence-corrected chi connectivity index (χ2v) is 2.38. The van der Waals surface area contributed by atoms with Crippen LogP contribution in [-0.4, -0.2) is 35.0 Å². The highest BCUT2D eigenvalue weighted by molar-refractivity contribution is 5.71. The molecule has 4 nitrogen and oxygen atoms in total. The predicted octanol–water partition coefficient (Wildman–Crippen LogP) is 0.247. The number of hydrogen-bond acceptors (Lipinski definition) is 3. The van der Waals surface area contributed by atoms with Crippen LogP contribution in [0.5, 0.6) is 0 Å². The molecule has 0 aromatic rings. The van der Waals surface area contributed by atoms with Crippen molar-refractivity contribution in [2.75, 3.05) is 6.61 Å². The van der Waals surface area contributed by atoms with E-state index in [2.05, 4.69) is 0 Å². The summed E-state index contributed by atoms with van der Waals surface area (Å²) in [6, 6.07) is 0. The van der Waals surface area contributed by atoms with Crippen LogP contribution in [0.25, 0.3) is 0 Å². The Morgan fingerprint density at radius 1 is 1.64 bits per heavy atom. The smallest absolute Gasteiger partial charge is 0.332 e. The third kappa shape index (κ3) is 4.75. The predicted molar refractivity (Wildman–Crippen MR) is 39.3 cm³/mol. The van der Waals surface area contributed by atoms with Crippen molar-refractivity contribution in [1.82, 2.24) is 0 Å². The van der Waals surface area contributed by atoms with Gasteiger partial charge < -0.3 is 14.9 Å². The number of aliphatic hydroxyl groups excluding tert-OH is 1. The molecule has 0 bridgehead atoms. The lowest BCUT2D eigenvalue weighted by Gasteiger charge is -2.11. The highest BCUT2D eigenvalue weighted by Crippen LogP contribution is 1.95. The van der Waals surface area contributed by atoms with Crippen LogP contribution >= 0.6 is 0 Å². The summed E-state index contributed by atoms with van der Waals surface area (Å²) in [7, 11) is 0. The van der Waals surface area contributed by atoms with Gasteiger partial charge in [0.05, 0.1) is 12.7 Å². The summed E-state index contributed by atoms with van der Waals surface area (Å²) in [6.07, 6.45) is -0.820. The molecule has 0 heterocycles. The Morgan fingerprint density at radius 2 is 2.18 bits per heavy atom. The minimum absolute atomic E-state index is 0.0873. The van der Waals surface area contributed by atoms with E-state index in [0.717, 1.165) is 0 Å². The molecule has 0 aliphatic carbocycles. The molecule has 0 fully saturated rings. The van der Waals surface area contributed by atoms with Gasteiger partial charge in [-0.15, -0.1) is 0 Å². The molecule has 0 aromatic carbocycles.